The second kappa shape index (κ2) is 8.35. The summed E-state index contributed by atoms with van der Waals surface area (Å²) in [5.74, 6) is -0.0500. The SMILES string of the molecule is Cc1cc2c(c(CN3C(=O)/C(=N/O)c4cc(C(=O)c5ccccc5Cl)ccc43)c1)OCOC2. The lowest BCUT2D eigenvalue weighted by Crippen LogP contribution is -2.30. The summed E-state index contributed by atoms with van der Waals surface area (Å²) in [5.41, 5.74) is 4.26. The monoisotopic (exact) mass is 462 g/mol. The van der Waals surface area contributed by atoms with Gasteiger partial charge in [0, 0.05) is 27.8 Å². The van der Waals surface area contributed by atoms with Crippen molar-refractivity contribution in [2.45, 2.75) is 20.1 Å². The molecule has 0 spiro atoms. The number of rotatable bonds is 4. The molecule has 3 aromatic carbocycles. The van der Waals surface area contributed by atoms with Crippen molar-refractivity contribution in [2.75, 3.05) is 11.7 Å². The highest BCUT2D eigenvalue weighted by Gasteiger charge is 2.36. The highest BCUT2D eigenvalue weighted by Crippen LogP contribution is 2.36. The maximum atomic E-state index is 13.1. The maximum Gasteiger partial charge on any atom is 0.281 e. The number of benzene rings is 3. The van der Waals surface area contributed by atoms with Crippen LogP contribution in [-0.4, -0.2) is 29.4 Å². The number of ether oxygens (including phenoxy) is 2. The summed E-state index contributed by atoms with van der Waals surface area (Å²) >= 11 is 6.18. The average molecular weight is 463 g/mol. The molecule has 0 radical (unpaired) electrons. The number of hydrogen-bond acceptors (Lipinski definition) is 6. The molecule has 2 heterocycles. The quantitative estimate of drug-likeness (QED) is 0.351. The van der Waals surface area contributed by atoms with Crippen molar-refractivity contribution in [1.29, 1.82) is 0 Å². The summed E-state index contributed by atoms with van der Waals surface area (Å²) in [6, 6.07) is 15.6. The van der Waals surface area contributed by atoms with Crippen LogP contribution in [0.1, 0.15) is 38.2 Å². The van der Waals surface area contributed by atoms with Gasteiger partial charge in [0.25, 0.3) is 5.91 Å². The third-order valence-electron chi connectivity index (χ3n) is 5.73. The molecule has 33 heavy (non-hydrogen) atoms. The molecule has 0 saturated carbocycles. The van der Waals surface area contributed by atoms with Crippen LogP contribution in [-0.2, 0) is 22.7 Å². The Morgan fingerprint density at radius 2 is 2.00 bits per heavy atom. The van der Waals surface area contributed by atoms with Crippen LogP contribution in [0.25, 0.3) is 0 Å². The molecule has 166 valence electrons. The summed E-state index contributed by atoms with van der Waals surface area (Å²) < 4.78 is 11.1. The standard InChI is InChI=1S/C25H19ClN2O5/c1-14-8-16(24-17(9-14)12-32-13-33-24)11-28-21-7-6-15(10-19(21)22(27-31)25(28)30)23(29)18-4-2-3-5-20(18)26/h2-10,31H,11-13H2,1H3/b27-22+. The number of oxime groups is 1. The molecule has 0 aliphatic carbocycles. The summed E-state index contributed by atoms with van der Waals surface area (Å²) in [4.78, 5) is 27.6. The van der Waals surface area contributed by atoms with E-state index in [1.165, 1.54) is 4.90 Å². The van der Waals surface area contributed by atoms with Crippen LogP contribution in [0.5, 0.6) is 5.75 Å². The molecule has 5 rings (SSSR count). The zero-order valence-corrected chi connectivity index (χ0v) is 18.4. The van der Waals surface area contributed by atoms with Gasteiger partial charge >= 0.3 is 0 Å². The van der Waals surface area contributed by atoms with Crippen LogP contribution in [0.4, 0.5) is 5.69 Å². The van der Waals surface area contributed by atoms with Gasteiger partial charge in [0.1, 0.15) is 5.75 Å². The van der Waals surface area contributed by atoms with Crippen molar-refractivity contribution in [1.82, 2.24) is 0 Å². The predicted molar refractivity (Wildman–Crippen MR) is 122 cm³/mol. The smallest absolute Gasteiger partial charge is 0.281 e. The number of amides is 1. The van der Waals surface area contributed by atoms with Gasteiger partial charge in [0.15, 0.2) is 18.3 Å². The first kappa shape index (κ1) is 21.2. The second-order valence-electron chi connectivity index (χ2n) is 7.90. The van der Waals surface area contributed by atoms with Crippen LogP contribution in [0.15, 0.2) is 59.8 Å². The van der Waals surface area contributed by atoms with Crippen LogP contribution >= 0.6 is 11.6 Å². The highest BCUT2D eigenvalue weighted by atomic mass is 35.5. The molecule has 0 unspecified atom stereocenters. The number of nitrogens with zero attached hydrogens (tertiary/aromatic N) is 2. The molecule has 1 amide bonds. The second-order valence-corrected chi connectivity index (χ2v) is 8.31. The molecule has 0 fully saturated rings. The van der Waals surface area contributed by atoms with E-state index in [1.54, 1.807) is 42.5 Å². The van der Waals surface area contributed by atoms with Gasteiger partial charge in [0.05, 0.1) is 23.9 Å². The lowest BCUT2D eigenvalue weighted by molar-refractivity contribution is -0.112. The van der Waals surface area contributed by atoms with E-state index in [1.807, 2.05) is 19.1 Å². The minimum atomic E-state index is -0.461. The normalized spacial score (nSPS) is 15.9. The number of aryl methyl sites for hydroxylation is 1. The Labute approximate surface area is 194 Å². The molecule has 2 aliphatic heterocycles. The molecular formula is C25H19ClN2O5. The van der Waals surface area contributed by atoms with E-state index in [9.17, 15) is 14.8 Å². The molecule has 0 bridgehead atoms. The number of ketones is 1. The highest BCUT2D eigenvalue weighted by molar-refractivity contribution is 6.54. The van der Waals surface area contributed by atoms with Gasteiger partial charge in [-0.15, -0.1) is 0 Å². The first-order valence-electron chi connectivity index (χ1n) is 10.3. The number of anilines is 1. The minimum absolute atomic E-state index is 0.121. The lowest BCUT2D eigenvalue weighted by atomic mass is 9.99. The fourth-order valence-corrected chi connectivity index (χ4v) is 4.49. The zero-order valence-electron chi connectivity index (χ0n) is 17.7. The van der Waals surface area contributed by atoms with Crippen molar-refractivity contribution in [3.8, 4) is 5.75 Å². The van der Waals surface area contributed by atoms with E-state index in [0.717, 1.165) is 16.7 Å². The molecule has 0 saturated heterocycles. The van der Waals surface area contributed by atoms with Crippen LogP contribution in [0.2, 0.25) is 5.02 Å². The van der Waals surface area contributed by atoms with Crippen molar-refractivity contribution < 1.29 is 24.3 Å². The van der Waals surface area contributed by atoms with E-state index < -0.39 is 5.91 Å². The third kappa shape index (κ3) is 3.65. The van der Waals surface area contributed by atoms with Crippen LogP contribution in [0.3, 0.4) is 0 Å². The van der Waals surface area contributed by atoms with Crippen molar-refractivity contribution >= 4 is 34.7 Å². The molecular weight excluding hydrogens is 444 g/mol. The molecule has 0 atom stereocenters. The molecule has 0 aromatic heterocycles. The van der Waals surface area contributed by atoms with Gasteiger partial charge in [0.2, 0.25) is 0 Å². The Balaban J connectivity index is 1.54. The molecule has 2 aliphatic rings. The van der Waals surface area contributed by atoms with Crippen molar-refractivity contribution in [3.63, 3.8) is 0 Å². The van der Waals surface area contributed by atoms with Gasteiger partial charge in [-0.05, 0) is 37.3 Å². The first-order valence-corrected chi connectivity index (χ1v) is 10.7. The fourth-order valence-electron chi connectivity index (χ4n) is 4.27. The molecule has 8 heteroatoms. The average Bonchev–Trinajstić information content (AvgIpc) is 3.08. The van der Waals surface area contributed by atoms with E-state index in [0.29, 0.717) is 39.8 Å². The van der Waals surface area contributed by atoms with Gasteiger partial charge in [-0.25, -0.2) is 0 Å². The van der Waals surface area contributed by atoms with Gasteiger partial charge < -0.3 is 19.6 Å². The minimum Gasteiger partial charge on any atom is -0.467 e. The van der Waals surface area contributed by atoms with Gasteiger partial charge in [-0.2, -0.15) is 0 Å². The van der Waals surface area contributed by atoms with Crippen LogP contribution in [0, 0.1) is 6.92 Å². The van der Waals surface area contributed by atoms with Gasteiger partial charge in [-0.3, -0.25) is 9.59 Å². The summed E-state index contributed by atoms with van der Waals surface area (Å²) in [5, 5.41) is 13.2. The van der Waals surface area contributed by atoms with E-state index >= 15 is 0 Å². The summed E-state index contributed by atoms with van der Waals surface area (Å²) in [6.07, 6.45) is 0. The van der Waals surface area contributed by atoms with E-state index in [-0.39, 0.29) is 24.8 Å². The van der Waals surface area contributed by atoms with Crippen LogP contribution < -0.4 is 9.64 Å². The summed E-state index contributed by atoms with van der Waals surface area (Å²) in [6.45, 7) is 2.76. The fraction of sp³-hybridized carbons (Fsp3) is 0.160. The molecule has 7 nitrogen and oxygen atoms in total. The third-order valence-corrected chi connectivity index (χ3v) is 6.06. The van der Waals surface area contributed by atoms with E-state index in [2.05, 4.69) is 5.16 Å². The number of hydrogen-bond donors (Lipinski definition) is 1. The Morgan fingerprint density at radius 3 is 2.79 bits per heavy atom. The summed E-state index contributed by atoms with van der Waals surface area (Å²) in [7, 11) is 0. The number of carbonyl (C=O) groups is 2. The first-order chi connectivity index (χ1) is 16.0. The van der Waals surface area contributed by atoms with Crippen molar-refractivity contribution in [2.24, 2.45) is 5.16 Å². The van der Waals surface area contributed by atoms with E-state index in [4.69, 9.17) is 21.1 Å². The Bertz CT molecular complexity index is 1330. The van der Waals surface area contributed by atoms with Gasteiger partial charge in [-0.1, -0.05) is 46.6 Å². The predicted octanol–water partition coefficient (Wildman–Crippen LogP) is 4.47. The molecule has 1 N–H and O–H groups in total. The largest absolute Gasteiger partial charge is 0.467 e. The van der Waals surface area contributed by atoms with Crippen molar-refractivity contribution in [3.05, 3.63) is 93.0 Å². The topological polar surface area (TPSA) is 88.4 Å². The Morgan fingerprint density at radius 1 is 1.18 bits per heavy atom. The molecule has 3 aromatic rings. The number of fused-ring (bicyclic) bond motifs is 2. The zero-order chi connectivity index (χ0) is 23.1. The number of halogens is 1. The Hall–Kier alpha value is -3.68. The lowest BCUT2D eigenvalue weighted by Gasteiger charge is -2.24. The number of carbonyl (C=O) groups excluding carboxylic acids is 2. The maximum absolute atomic E-state index is 13.1. The Kier molecular flexibility index (Phi) is 5.36.